The maximum atomic E-state index is 9.37. The van der Waals surface area contributed by atoms with Gasteiger partial charge in [-0.15, -0.1) is 0 Å². The molecule has 0 spiro atoms. The molecule has 0 aliphatic heterocycles. The van der Waals surface area contributed by atoms with Crippen LogP contribution in [0.5, 0.6) is 0 Å². The average Bonchev–Trinajstić information content (AvgIpc) is 3.65. The van der Waals surface area contributed by atoms with Crippen molar-refractivity contribution in [1.29, 1.82) is 0 Å². The topological polar surface area (TPSA) is 43.6 Å². The molecular formula is C47H30N4. The van der Waals surface area contributed by atoms with Gasteiger partial charge >= 0.3 is 0 Å². The van der Waals surface area contributed by atoms with Gasteiger partial charge in [-0.3, -0.25) is 0 Å². The van der Waals surface area contributed by atoms with Crippen LogP contribution in [0.2, 0.25) is 0 Å². The summed E-state index contributed by atoms with van der Waals surface area (Å²) in [6, 6.07) is 39.3. The molecular weight excluding hydrogens is 621 g/mol. The van der Waals surface area contributed by atoms with E-state index in [1.807, 2.05) is 103 Å². The Kier molecular flexibility index (Phi) is 5.12. The van der Waals surface area contributed by atoms with Crippen LogP contribution in [0.25, 0.3) is 94.3 Å². The van der Waals surface area contributed by atoms with Crippen molar-refractivity contribution in [2.24, 2.45) is 0 Å². The van der Waals surface area contributed by atoms with Crippen LogP contribution < -0.4 is 0 Å². The Morgan fingerprint density at radius 3 is 1.59 bits per heavy atom. The fraction of sp³-hybridized carbons (Fsp3) is 0. The third kappa shape index (κ3) is 4.88. The van der Waals surface area contributed by atoms with E-state index in [9.17, 15) is 2.74 Å². The first-order valence-corrected chi connectivity index (χ1v) is 16.6. The Balaban J connectivity index is 1.41. The van der Waals surface area contributed by atoms with Gasteiger partial charge in [0, 0.05) is 33.0 Å². The van der Waals surface area contributed by atoms with Crippen LogP contribution in [0.1, 0.15) is 11.0 Å². The Morgan fingerprint density at radius 1 is 0.392 bits per heavy atom. The number of aromatic nitrogens is 4. The first kappa shape index (κ1) is 21.9. The summed E-state index contributed by atoms with van der Waals surface area (Å²) in [6.45, 7) is 0. The molecule has 51 heavy (non-hydrogen) atoms. The molecule has 0 radical (unpaired) electrons. The molecule has 0 N–H and O–H groups in total. The highest BCUT2D eigenvalue weighted by Crippen LogP contribution is 2.42. The first-order valence-electron chi connectivity index (χ1n) is 20.6. The lowest BCUT2D eigenvalue weighted by Crippen LogP contribution is -2.05. The summed E-state index contributed by atoms with van der Waals surface area (Å²) in [7, 11) is 0. The van der Waals surface area contributed by atoms with Crippen LogP contribution in [0, 0.1) is 0 Å². The Labute approximate surface area is 306 Å². The molecule has 0 aliphatic carbocycles. The van der Waals surface area contributed by atoms with Gasteiger partial charge in [0.2, 0.25) is 0 Å². The van der Waals surface area contributed by atoms with E-state index in [2.05, 4.69) is 30.3 Å². The monoisotopic (exact) mass is 658 g/mol. The number of para-hydroxylation sites is 3. The molecule has 0 aliphatic rings. The molecule has 4 heteroatoms. The molecule has 0 saturated heterocycles. The summed E-state index contributed by atoms with van der Waals surface area (Å²) in [5.41, 5.74) is 3.65. The number of fused-ring (bicyclic) bond motifs is 6. The maximum Gasteiger partial charge on any atom is 0.166 e. The molecule has 2 heterocycles. The number of benzene rings is 8. The van der Waals surface area contributed by atoms with Crippen molar-refractivity contribution in [2.75, 3.05) is 0 Å². The highest BCUT2D eigenvalue weighted by atomic mass is 15.1. The SMILES string of the molecule is [2H]c1c([2H])c([2H])c2c(c1[2H])c1c([2H])c([2H])c([2H])c([2H])c1n2-c1c(-c2ccc3ccc4ccccc4c3c2)cccc1-c1nc(-c2ccccc2)nc(-c2ccccc2)n1. The van der Waals surface area contributed by atoms with Gasteiger partial charge in [0.25, 0.3) is 0 Å². The summed E-state index contributed by atoms with van der Waals surface area (Å²) in [4.78, 5) is 15.0. The summed E-state index contributed by atoms with van der Waals surface area (Å²) >= 11 is 0. The first-order chi connectivity index (χ1) is 28.6. The van der Waals surface area contributed by atoms with Crippen molar-refractivity contribution in [2.45, 2.75) is 0 Å². The minimum Gasteiger partial charge on any atom is -0.308 e. The predicted octanol–water partition coefficient (Wildman–Crippen LogP) is 11.9. The molecule has 0 atom stereocenters. The van der Waals surface area contributed by atoms with Gasteiger partial charge in [-0.1, -0.05) is 158 Å². The highest BCUT2D eigenvalue weighted by molar-refractivity contribution is 6.12. The van der Waals surface area contributed by atoms with E-state index in [1.54, 1.807) is 4.57 Å². The molecule has 0 bridgehead atoms. The minimum absolute atomic E-state index is 0.00133. The Morgan fingerprint density at radius 2 is 0.922 bits per heavy atom. The van der Waals surface area contributed by atoms with Gasteiger partial charge < -0.3 is 4.57 Å². The van der Waals surface area contributed by atoms with Crippen LogP contribution in [0.3, 0.4) is 0 Å². The molecule has 4 nitrogen and oxygen atoms in total. The number of nitrogens with zero attached hydrogens (tertiary/aromatic N) is 4. The van der Waals surface area contributed by atoms with E-state index in [1.165, 1.54) is 0 Å². The van der Waals surface area contributed by atoms with Gasteiger partial charge in [-0.2, -0.15) is 0 Å². The molecule has 238 valence electrons. The highest BCUT2D eigenvalue weighted by Gasteiger charge is 2.22. The molecule has 0 fully saturated rings. The summed E-state index contributed by atoms with van der Waals surface area (Å²) < 4.78 is 73.6. The second kappa shape index (κ2) is 11.9. The quantitative estimate of drug-likeness (QED) is 0.173. The molecule has 0 saturated carbocycles. The van der Waals surface area contributed by atoms with Crippen LogP contribution in [-0.4, -0.2) is 19.5 Å². The van der Waals surface area contributed by atoms with E-state index in [0.29, 0.717) is 28.5 Å². The van der Waals surface area contributed by atoms with Gasteiger partial charge in [0.05, 0.1) is 27.7 Å². The third-order valence-electron chi connectivity index (χ3n) is 9.29. The summed E-state index contributed by atoms with van der Waals surface area (Å²) in [5, 5.41) is 4.07. The molecule has 2 aromatic heterocycles. The van der Waals surface area contributed by atoms with Crippen molar-refractivity contribution in [3.8, 4) is 51.0 Å². The fourth-order valence-electron chi connectivity index (χ4n) is 6.94. The summed E-state index contributed by atoms with van der Waals surface area (Å²) in [6.07, 6.45) is 0. The minimum atomic E-state index is -0.513. The van der Waals surface area contributed by atoms with Crippen LogP contribution in [-0.2, 0) is 0 Å². The number of hydrogen-bond donors (Lipinski definition) is 0. The lowest BCUT2D eigenvalue weighted by atomic mass is 9.94. The zero-order valence-corrected chi connectivity index (χ0v) is 27.0. The van der Waals surface area contributed by atoms with Gasteiger partial charge in [-0.25, -0.2) is 15.0 Å². The fourth-order valence-corrected chi connectivity index (χ4v) is 6.94. The van der Waals surface area contributed by atoms with Crippen LogP contribution in [0.15, 0.2) is 182 Å². The van der Waals surface area contributed by atoms with Crippen molar-refractivity contribution < 1.29 is 11.0 Å². The van der Waals surface area contributed by atoms with E-state index in [4.69, 9.17) is 23.2 Å². The largest absolute Gasteiger partial charge is 0.308 e. The standard InChI is InChI=1S/C47H30N4/c1-3-15-33(16-4-1)45-48-46(34-17-5-2-6-18-34)50-47(49-45)40-23-13-22-37(35-29-28-32-27-26-31-14-7-8-19-36(31)41(32)30-35)44(40)51-42-24-11-9-20-38(42)39-21-10-12-25-43(39)51/h1-30H/i9D,10D,11D,12D,20D,21D,24D,25D. The van der Waals surface area contributed by atoms with Crippen molar-refractivity contribution in [3.63, 3.8) is 0 Å². The maximum absolute atomic E-state index is 9.37. The predicted molar refractivity (Wildman–Crippen MR) is 211 cm³/mol. The van der Waals surface area contributed by atoms with Crippen molar-refractivity contribution in [1.82, 2.24) is 19.5 Å². The molecule has 10 rings (SSSR count). The second-order valence-corrected chi connectivity index (χ2v) is 12.2. The van der Waals surface area contributed by atoms with Crippen LogP contribution >= 0.6 is 0 Å². The molecule has 0 unspecified atom stereocenters. The zero-order chi connectivity index (χ0) is 40.7. The normalized spacial score (nSPS) is 13.7. The second-order valence-electron chi connectivity index (χ2n) is 12.2. The molecule has 10 aromatic rings. The van der Waals surface area contributed by atoms with Gasteiger partial charge in [-0.05, 0) is 51.3 Å². The Bertz CT molecular complexity index is 3230. The molecule has 0 amide bonds. The average molecular weight is 659 g/mol. The lowest BCUT2D eigenvalue weighted by Gasteiger charge is -2.19. The van der Waals surface area contributed by atoms with E-state index < -0.39 is 48.3 Å². The number of rotatable bonds is 5. The van der Waals surface area contributed by atoms with Crippen molar-refractivity contribution >= 4 is 43.4 Å². The lowest BCUT2D eigenvalue weighted by molar-refractivity contribution is 1.06. The Hall–Kier alpha value is -6.91. The third-order valence-corrected chi connectivity index (χ3v) is 9.29. The van der Waals surface area contributed by atoms with Gasteiger partial charge in [0.1, 0.15) is 0 Å². The van der Waals surface area contributed by atoms with E-state index >= 15 is 0 Å². The van der Waals surface area contributed by atoms with E-state index in [0.717, 1.165) is 38.2 Å². The number of hydrogen-bond acceptors (Lipinski definition) is 3. The zero-order valence-electron chi connectivity index (χ0n) is 35.0. The van der Waals surface area contributed by atoms with Crippen molar-refractivity contribution in [3.05, 3.63) is 182 Å². The van der Waals surface area contributed by atoms with E-state index in [-0.39, 0.29) is 27.6 Å². The summed E-state index contributed by atoms with van der Waals surface area (Å²) in [5.74, 6) is 1.04. The molecule has 8 aromatic carbocycles. The smallest absolute Gasteiger partial charge is 0.166 e. The van der Waals surface area contributed by atoms with Crippen LogP contribution in [0.4, 0.5) is 0 Å². The van der Waals surface area contributed by atoms with Gasteiger partial charge in [0.15, 0.2) is 17.5 Å².